The number of hydrogen-bond donors (Lipinski definition) is 2. The molecule has 1 aliphatic carbocycles. The number of carbonyl (C=O) groups excluding carboxylic acids is 1. The highest BCUT2D eigenvalue weighted by molar-refractivity contribution is 7.83. The zero-order valence-corrected chi connectivity index (χ0v) is 20.1. The highest BCUT2D eigenvalue weighted by Crippen LogP contribution is 2.25. The van der Waals surface area contributed by atoms with Crippen LogP contribution in [0.1, 0.15) is 65.2 Å². The van der Waals surface area contributed by atoms with Crippen LogP contribution in [0.5, 0.6) is 0 Å². The molecular weight excluding hydrogens is 408 g/mol. The van der Waals surface area contributed by atoms with Crippen molar-refractivity contribution in [2.75, 3.05) is 42.9 Å². The molecule has 2 fully saturated rings. The topological polar surface area (TPSA) is 64.7 Å². The standard InChI is InChI=1S/C24H40N4O2S/c1-20(2)31(30)25-15-7-6-10-24(29)26-21-11-13-23(14-12-21)28-18-16-27(17-19-28)22-8-4-3-5-9-22/h11-14,20,22,25H,3-10,15-19H2,1-2H3,(H,26,29). The van der Waals surface area contributed by atoms with Crippen LogP contribution in [0.4, 0.5) is 11.4 Å². The molecule has 0 radical (unpaired) electrons. The van der Waals surface area contributed by atoms with Crippen LogP contribution in [0.25, 0.3) is 0 Å². The molecule has 0 spiro atoms. The number of nitrogens with zero attached hydrogens (tertiary/aromatic N) is 2. The van der Waals surface area contributed by atoms with E-state index in [2.05, 4.69) is 32.0 Å². The van der Waals surface area contributed by atoms with Crippen LogP contribution in [0.15, 0.2) is 24.3 Å². The number of nitrogens with one attached hydrogen (secondary N) is 2. The fraction of sp³-hybridized carbons (Fsp3) is 0.708. The lowest BCUT2D eigenvalue weighted by Gasteiger charge is -2.41. The van der Waals surface area contributed by atoms with E-state index in [0.717, 1.165) is 50.7 Å². The van der Waals surface area contributed by atoms with Gasteiger partial charge in [0, 0.05) is 61.8 Å². The third-order valence-corrected chi connectivity index (χ3v) is 7.77. The van der Waals surface area contributed by atoms with Gasteiger partial charge < -0.3 is 10.2 Å². The second-order valence-corrected chi connectivity index (χ2v) is 10.9. The summed E-state index contributed by atoms with van der Waals surface area (Å²) in [6.07, 6.45) is 9.08. The number of rotatable bonds is 10. The molecule has 1 amide bonds. The van der Waals surface area contributed by atoms with E-state index in [9.17, 15) is 9.00 Å². The number of piperazine rings is 1. The summed E-state index contributed by atoms with van der Waals surface area (Å²) >= 11 is 0. The van der Waals surface area contributed by atoms with E-state index in [4.69, 9.17) is 0 Å². The van der Waals surface area contributed by atoms with Gasteiger partial charge in [0.1, 0.15) is 0 Å². The molecule has 1 heterocycles. The largest absolute Gasteiger partial charge is 0.369 e. The Morgan fingerprint density at radius 2 is 1.71 bits per heavy atom. The number of unbranched alkanes of at least 4 members (excludes halogenated alkanes) is 1. The van der Waals surface area contributed by atoms with Crippen LogP contribution in [0, 0.1) is 0 Å². The van der Waals surface area contributed by atoms with Gasteiger partial charge in [-0.2, -0.15) is 0 Å². The number of amides is 1. The summed E-state index contributed by atoms with van der Waals surface area (Å²) in [4.78, 5) is 17.3. The van der Waals surface area contributed by atoms with Crippen molar-refractivity contribution in [3.8, 4) is 0 Å². The maximum atomic E-state index is 12.2. The Labute approximate surface area is 190 Å². The molecule has 3 rings (SSSR count). The summed E-state index contributed by atoms with van der Waals surface area (Å²) < 4.78 is 14.6. The average Bonchev–Trinajstić information content (AvgIpc) is 2.80. The second-order valence-electron chi connectivity index (χ2n) is 9.11. The Morgan fingerprint density at radius 1 is 1.03 bits per heavy atom. The van der Waals surface area contributed by atoms with Crippen molar-refractivity contribution in [2.45, 2.75) is 76.5 Å². The van der Waals surface area contributed by atoms with Gasteiger partial charge in [0.25, 0.3) is 0 Å². The van der Waals surface area contributed by atoms with E-state index in [0.29, 0.717) is 13.0 Å². The quantitative estimate of drug-likeness (QED) is 0.533. The lowest BCUT2D eigenvalue weighted by molar-refractivity contribution is -0.116. The lowest BCUT2D eigenvalue weighted by Crippen LogP contribution is -2.50. The number of anilines is 2. The first-order valence-electron chi connectivity index (χ1n) is 12.1. The van der Waals surface area contributed by atoms with E-state index < -0.39 is 11.0 Å². The van der Waals surface area contributed by atoms with Gasteiger partial charge in [-0.25, -0.2) is 8.93 Å². The van der Waals surface area contributed by atoms with Crippen LogP contribution in [0.3, 0.4) is 0 Å². The number of benzene rings is 1. The molecule has 1 atom stereocenters. The molecular formula is C24H40N4O2S. The van der Waals surface area contributed by atoms with E-state index >= 15 is 0 Å². The Bertz CT molecular complexity index is 696. The van der Waals surface area contributed by atoms with Crippen LogP contribution in [0.2, 0.25) is 0 Å². The zero-order valence-electron chi connectivity index (χ0n) is 19.3. The van der Waals surface area contributed by atoms with Crippen molar-refractivity contribution in [3.63, 3.8) is 0 Å². The molecule has 0 aromatic heterocycles. The fourth-order valence-electron chi connectivity index (χ4n) is 4.52. The van der Waals surface area contributed by atoms with Crippen LogP contribution in [-0.4, -0.2) is 59.0 Å². The van der Waals surface area contributed by atoms with Crippen LogP contribution < -0.4 is 14.9 Å². The maximum Gasteiger partial charge on any atom is 0.224 e. The molecule has 6 nitrogen and oxygen atoms in total. The summed E-state index contributed by atoms with van der Waals surface area (Å²) in [6, 6.07) is 9.07. The van der Waals surface area contributed by atoms with Gasteiger partial charge in [0.2, 0.25) is 5.91 Å². The molecule has 2 aliphatic rings. The molecule has 174 valence electrons. The normalized spacial score (nSPS) is 19.5. The summed E-state index contributed by atoms with van der Waals surface area (Å²) in [5, 5.41) is 3.11. The maximum absolute atomic E-state index is 12.2. The number of hydrogen-bond acceptors (Lipinski definition) is 4. The van der Waals surface area contributed by atoms with Crippen molar-refractivity contribution >= 4 is 28.3 Å². The number of carbonyl (C=O) groups is 1. The molecule has 0 bridgehead atoms. The highest BCUT2D eigenvalue weighted by atomic mass is 32.2. The molecule has 1 aromatic rings. The Kier molecular flexibility index (Phi) is 9.81. The van der Waals surface area contributed by atoms with Crippen molar-refractivity contribution in [1.82, 2.24) is 9.62 Å². The van der Waals surface area contributed by atoms with Gasteiger partial charge in [0.05, 0.1) is 11.0 Å². The summed E-state index contributed by atoms with van der Waals surface area (Å²) in [5.74, 6) is 0.0406. The monoisotopic (exact) mass is 448 g/mol. The molecule has 1 aliphatic heterocycles. The van der Waals surface area contributed by atoms with Crippen molar-refractivity contribution in [2.24, 2.45) is 0 Å². The van der Waals surface area contributed by atoms with Gasteiger partial charge in [-0.1, -0.05) is 19.3 Å². The predicted molar refractivity (Wildman–Crippen MR) is 131 cm³/mol. The fourth-order valence-corrected chi connectivity index (χ4v) is 5.20. The molecule has 2 N–H and O–H groups in total. The first-order valence-corrected chi connectivity index (χ1v) is 13.3. The molecule has 1 saturated heterocycles. The van der Waals surface area contributed by atoms with Gasteiger partial charge in [-0.3, -0.25) is 9.69 Å². The zero-order chi connectivity index (χ0) is 22.1. The minimum absolute atomic E-state index is 0.0406. The van der Waals surface area contributed by atoms with E-state index in [1.807, 2.05) is 26.0 Å². The van der Waals surface area contributed by atoms with E-state index in [1.165, 1.54) is 37.8 Å². The Balaban J connectivity index is 1.34. The highest BCUT2D eigenvalue weighted by Gasteiger charge is 2.25. The summed E-state index contributed by atoms with van der Waals surface area (Å²) in [7, 11) is -0.983. The lowest BCUT2D eigenvalue weighted by atomic mass is 9.94. The second kappa shape index (κ2) is 12.6. The summed E-state index contributed by atoms with van der Waals surface area (Å²) in [6.45, 7) is 9.01. The van der Waals surface area contributed by atoms with Gasteiger partial charge in [-0.15, -0.1) is 0 Å². The average molecular weight is 449 g/mol. The summed E-state index contributed by atoms with van der Waals surface area (Å²) in [5.41, 5.74) is 2.10. The minimum atomic E-state index is -0.983. The smallest absolute Gasteiger partial charge is 0.224 e. The third kappa shape index (κ3) is 7.88. The van der Waals surface area contributed by atoms with Gasteiger partial charge in [0.15, 0.2) is 0 Å². The Hall–Kier alpha value is -1.44. The first kappa shape index (κ1) is 24.2. The molecule has 1 saturated carbocycles. The molecule has 1 aromatic carbocycles. The van der Waals surface area contributed by atoms with E-state index in [-0.39, 0.29) is 11.2 Å². The minimum Gasteiger partial charge on any atom is -0.369 e. The van der Waals surface area contributed by atoms with E-state index in [1.54, 1.807) is 0 Å². The van der Waals surface area contributed by atoms with Crippen molar-refractivity contribution < 1.29 is 9.00 Å². The van der Waals surface area contributed by atoms with Crippen molar-refractivity contribution in [1.29, 1.82) is 0 Å². The predicted octanol–water partition coefficient (Wildman–Crippen LogP) is 3.91. The Morgan fingerprint density at radius 3 is 2.35 bits per heavy atom. The van der Waals surface area contributed by atoms with Crippen LogP contribution in [-0.2, 0) is 15.8 Å². The molecule has 1 unspecified atom stereocenters. The SMILES string of the molecule is CC(C)S(=O)NCCCCC(=O)Nc1ccc(N2CCN(C3CCCCC3)CC2)cc1. The van der Waals surface area contributed by atoms with Crippen LogP contribution >= 0.6 is 0 Å². The molecule has 31 heavy (non-hydrogen) atoms. The third-order valence-electron chi connectivity index (χ3n) is 6.42. The van der Waals surface area contributed by atoms with Crippen molar-refractivity contribution in [3.05, 3.63) is 24.3 Å². The molecule has 7 heteroatoms. The first-order chi connectivity index (χ1) is 15.0. The van der Waals surface area contributed by atoms with Gasteiger partial charge >= 0.3 is 0 Å². The van der Waals surface area contributed by atoms with Gasteiger partial charge in [-0.05, 0) is 63.8 Å².